The minimum atomic E-state index is -1.10. The first-order valence-corrected chi connectivity index (χ1v) is 11.6. The molecule has 9 nitrogen and oxygen atoms in total. The number of benzene rings is 1. The lowest BCUT2D eigenvalue weighted by molar-refractivity contribution is -0.140. The van der Waals surface area contributed by atoms with Gasteiger partial charge in [0, 0.05) is 22.9 Å². The van der Waals surface area contributed by atoms with Gasteiger partial charge in [-0.25, -0.2) is 4.79 Å². The van der Waals surface area contributed by atoms with Gasteiger partial charge in [-0.15, -0.1) is 0 Å². The number of carboxylic acids is 1. The van der Waals surface area contributed by atoms with Crippen molar-refractivity contribution in [3.05, 3.63) is 58.0 Å². The summed E-state index contributed by atoms with van der Waals surface area (Å²) in [7, 11) is 1.60. The number of hydrogen-bond donors (Lipinski definition) is 2. The third kappa shape index (κ3) is 7.59. The van der Waals surface area contributed by atoms with Crippen LogP contribution < -0.4 is 5.32 Å². The molecule has 2 N–H and O–H groups in total. The maximum Gasteiger partial charge on any atom is 0.331 e. The number of likely N-dealkylation sites (N-methyl/N-ethyl adjacent to an activating group) is 1. The molecule has 0 heterocycles. The van der Waals surface area contributed by atoms with E-state index in [9.17, 15) is 25.0 Å². The standard InChI is InChI=1S/C26H39N5O4/c1-16(2)19(15-17(3)24(34)35)31(9)23(33)21(25(4,5)6)28-22(32)20(29-30-27)26(7,8)18-13-11-10-12-14-18/h10-16,19-21H,1-9H3,(H,28,32)(H,34,35)/t19-,20+,21-/m1/s1. The van der Waals surface area contributed by atoms with Gasteiger partial charge in [-0.2, -0.15) is 0 Å². The second-order valence-electron chi connectivity index (χ2n) is 10.8. The van der Waals surface area contributed by atoms with Gasteiger partial charge in [0.15, 0.2) is 0 Å². The van der Waals surface area contributed by atoms with Crippen LogP contribution in [0.15, 0.2) is 47.1 Å². The lowest BCUT2D eigenvalue weighted by atomic mass is 9.77. The zero-order chi connectivity index (χ0) is 27.1. The molecule has 0 aliphatic rings. The number of nitrogens with one attached hydrogen (secondary N) is 1. The van der Waals surface area contributed by atoms with Crippen molar-refractivity contribution < 1.29 is 19.5 Å². The van der Waals surface area contributed by atoms with Crippen molar-refractivity contribution in [1.82, 2.24) is 10.2 Å². The zero-order valence-electron chi connectivity index (χ0n) is 22.2. The molecule has 1 aromatic carbocycles. The van der Waals surface area contributed by atoms with Crippen LogP contribution in [-0.4, -0.2) is 53.0 Å². The van der Waals surface area contributed by atoms with E-state index in [0.29, 0.717) is 0 Å². The molecule has 0 saturated heterocycles. The number of azide groups is 1. The average molecular weight is 486 g/mol. The van der Waals surface area contributed by atoms with Gasteiger partial charge in [0.05, 0.1) is 6.04 Å². The molecule has 0 radical (unpaired) electrons. The highest BCUT2D eigenvalue weighted by molar-refractivity contribution is 5.91. The third-order valence-electron chi connectivity index (χ3n) is 6.25. The molecule has 0 unspecified atom stereocenters. The molecule has 2 amide bonds. The normalized spacial score (nSPS) is 15.0. The molecule has 0 aliphatic carbocycles. The van der Waals surface area contributed by atoms with E-state index in [4.69, 9.17) is 0 Å². The van der Waals surface area contributed by atoms with E-state index in [1.54, 1.807) is 13.1 Å². The Balaban J connectivity index is 3.37. The minimum Gasteiger partial charge on any atom is -0.478 e. The number of hydrogen-bond acceptors (Lipinski definition) is 4. The number of nitrogens with zero attached hydrogens (tertiary/aromatic N) is 4. The molecule has 1 aromatic rings. The molecule has 1 rings (SSSR count). The summed E-state index contributed by atoms with van der Waals surface area (Å²) in [6, 6.07) is 6.73. The maximum atomic E-state index is 13.7. The molecule has 0 spiro atoms. The van der Waals surface area contributed by atoms with Crippen LogP contribution in [0.4, 0.5) is 0 Å². The molecule has 35 heavy (non-hydrogen) atoms. The van der Waals surface area contributed by atoms with Gasteiger partial charge in [0.25, 0.3) is 0 Å². The Labute approximate surface area is 208 Å². The van der Waals surface area contributed by atoms with E-state index in [1.807, 2.05) is 78.8 Å². The van der Waals surface area contributed by atoms with Crippen LogP contribution in [0, 0.1) is 11.3 Å². The van der Waals surface area contributed by atoms with Crippen LogP contribution >= 0.6 is 0 Å². The van der Waals surface area contributed by atoms with Crippen LogP contribution in [0.3, 0.4) is 0 Å². The van der Waals surface area contributed by atoms with Gasteiger partial charge in [-0.3, -0.25) is 9.59 Å². The Morgan fingerprint density at radius 2 is 1.66 bits per heavy atom. The van der Waals surface area contributed by atoms with E-state index in [0.717, 1.165) is 5.56 Å². The molecule has 0 aromatic heterocycles. The van der Waals surface area contributed by atoms with E-state index in [1.165, 1.54) is 11.8 Å². The number of amides is 2. The van der Waals surface area contributed by atoms with E-state index in [-0.39, 0.29) is 17.4 Å². The Bertz CT molecular complexity index is 989. The van der Waals surface area contributed by atoms with Crippen molar-refractivity contribution in [2.45, 2.75) is 78.9 Å². The number of rotatable bonds is 10. The van der Waals surface area contributed by atoms with Crippen LogP contribution in [-0.2, 0) is 19.8 Å². The van der Waals surface area contributed by atoms with Crippen LogP contribution in [0.25, 0.3) is 10.4 Å². The Morgan fingerprint density at radius 3 is 2.09 bits per heavy atom. The van der Waals surface area contributed by atoms with Gasteiger partial charge < -0.3 is 15.3 Å². The Kier molecular flexibility index (Phi) is 10.1. The first-order chi connectivity index (χ1) is 16.0. The first kappa shape index (κ1) is 29.7. The highest BCUT2D eigenvalue weighted by Gasteiger charge is 2.41. The minimum absolute atomic E-state index is 0.0671. The molecule has 0 saturated carbocycles. The number of carboxylic acid groups (broad SMARTS) is 1. The van der Waals surface area contributed by atoms with E-state index < -0.39 is 40.8 Å². The molecule has 192 valence electrons. The molecule has 0 fully saturated rings. The average Bonchev–Trinajstić information content (AvgIpc) is 2.77. The highest BCUT2D eigenvalue weighted by Crippen LogP contribution is 2.31. The Hall–Kier alpha value is -3.32. The largest absolute Gasteiger partial charge is 0.478 e. The van der Waals surface area contributed by atoms with Crippen LogP contribution in [0.1, 0.15) is 61.0 Å². The van der Waals surface area contributed by atoms with Gasteiger partial charge in [0.1, 0.15) is 12.1 Å². The number of carbonyl (C=O) groups is 3. The van der Waals surface area contributed by atoms with Crippen LogP contribution in [0.2, 0.25) is 0 Å². The second-order valence-corrected chi connectivity index (χ2v) is 10.8. The second kappa shape index (κ2) is 11.9. The van der Waals surface area contributed by atoms with Crippen molar-refractivity contribution in [3.63, 3.8) is 0 Å². The predicted octanol–water partition coefficient (Wildman–Crippen LogP) is 4.69. The smallest absolute Gasteiger partial charge is 0.331 e. The molecule has 9 heteroatoms. The molecular formula is C26H39N5O4. The molecule has 3 atom stereocenters. The summed E-state index contributed by atoms with van der Waals surface area (Å²) >= 11 is 0. The van der Waals surface area contributed by atoms with Crippen molar-refractivity contribution in [3.8, 4) is 0 Å². The topological polar surface area (TPSA) is 135 Å². The van der Waals surface area contributed by atoms with Gasteiger partial charge in [-0.1, -0.05) is 90.0 Å². The lowest BCUT2D eigenvalue weighted by Gasteiger charge is -2.39. The quantitative estimate of drug-likeness (QED) is 0.215. The number of carbonyl (C=O) groups excluding carboxylic acids is 2. The lowest BCUT2D eigenvalue weighted by Crippen LogP contribution is -2.59. The third-order valence-corrected chi connectivity index (χ3v) is 6.25. The van der Waals surface area contributed by atoms with Gasteiger partial charge >= 0.3 is 5.97 Å². The fraction of sp³-hybridized carbons (Fsp3) is 0.577. The summed E-state index contributed by atoms with van der Waals surface area (Å²) in [5.41, 5.74) is 8.64. The molecule has 0 bridgehead atoms. The summed E-state index contributed by atoms with van der Waals surface area (Å²) in [5, 5.41) is 15.9. The summed E-state index contributed by atoms with van der Waals surface area (Å²) in [6.45, 7) is 14.4. The highest BCUT2D eigenvalue weighted by atomic mass is 16.4. The van der Waals surface area contributed by atoms with E-state index >= 15 is 0 Å². The predicted molar refractivity (Wildman–Crippen MR) is 137 cm³/mol. The molecule has 0 aliphatic heterocycles. The van der Waals surface area contributed by atoms with E-state index in [2.05, 4.69) is 15.3 Å². The fourth-order valence-corrected chi connectivity index (χ4v) is 3.90. The van der Waals surface area contributed by atoms with Gasteiger partial charge in [0.2, 0.25) is 11.8 Å². The summed E-state index contributed by atoms with van der Waals surface area (Å²) < 4.78 is 0. The van der Waals surface area contributed by atoms with Gasteiger partial charge in [-0.05, 0) is 29.4 Å². The monoisotopic (exact) mass is 485 g/mol. The maximum absolute atomic E-state index is 13.7. The summed E-state index contributed by atoms with van der Waals surface area (Å²) in [5.74, 6) is -2.05. The summed E-state index contributed by atoms with van der Waals surface area (Å²) in [6.07, 6.45) is 1.55. The first-order valence-electron chi connectivity index (χ1n) is 11.6. The van der Waals surface area contributed by atoms with Crippen molar-refractivity contribution in [1.29, 1.82) is 0 Å². The Morgan fingerprint density at radius 1 is 1.11 bits per heavy atom. The van der Waals surface area contributed by atoms with Crippen molar-refractivity contribution >= 4 is 17.8 Å². The zero-order valence-corrected chi connectivity index (χ0v) is 22.2. The van der Waals surface area contributed by atoms with Crippen LogP contribution in [0.5, 0.6) is 0 Å². The van der Waals surface area contributed by atoms with Crippen molar-refractivity contribution in [2.75, 3.05) is 7.05 Å². The van der Waals surface area contributed by atoms with Crippen molar-refractivity contribution in [2.24, 2.45) is 16.4 Å². The molecular weight excluding hydrogens is 446 g/mol. The summed E-state index contributed by atoms with van der Waals surface area (Å²) in [4.78, 5) is 42.9. The number of aliphatic carboxylic acids is 1. The SMILES string of the molecule is CC(=C[C@H](C(C)C)N(C)C(=O)[C@@H](NC(=O)[C@H](N=[N+]=[N-])C(C)(C)c1ccccc1)C(C)(C)C)C(=O)O. The fourth-order valence-electron chi connectivity index (χ4n) is 3.90.